The highest BCUT2D eigenvalue weighted by atomic mass is 35.5. The van der Waals surface area contributed by atoms with Gasteiger partial charge in [0.15, 0.2) is 5.82 Å². The van der Waals surface area contributed by atoms with Crippen LogP contribution in [0.5, 0.6) is 0 Å². The third-order valence-corrected chi connectivity index (χ3v) is 3.09. The number of rotatable bonds is 5. The lowest BCUT2D eigenvalue weighted by atomic mass is 10.1. The van der Waals surface area contributed by atoms with Crippen molar-refractivity contribution in [1.29, 1.82) is 0 Å². The summed E-state index contributed by atoms with van der Waals surface area (Å²) in [6.45, 7) is 4.46. The van der Waals surface area contributed by atoms with Gasteiger partial charge in [-0.2, -0.15) is 4.98 Å². The molecule has 4 nitrogen and oxygen atoms in total. The van der Waals surface area contributed by atoms with Gasteiger partial charge in [-0.3, -0.25) is 0 Å². The summed E-state index contributed by atoms with van der Waals surface area (Å²) in [5.41, 5.74) is 0.938. The number of aryl methyl sites for hydroxylation is 1. The monoisotopic (exact) mass is 283 g/mol. The van der Waals surface area contributed by atoms with Gasteiger partial charge < -0.3 is 9.84 Å². The zero-order valence-corrected chi connectivity index (χ0v) is 11.5. The summed E-state index contributed by atoms with van der Waals surface area (Å²) in [5, 5.41) is 7.15. The number of aromatic nitrogens is 2. The van der Waals surface area contributed by atoms with E-state index in [4.69, 9.17) is 16.1 Å². The predicted octanol–water partition coefficient (Wildman–Crippen LogP) is 3.06. The van der Waals surface area contributed by atoms with E-state index in [1.54, 1.807) is 19.1 Å². The number of benzene rings is 1. The molecular weight excluding hydrogens is 269 g/mol. The molecule has 0 aliphatic carbocycles. The number of hydrogen-bond donors (Lipinski definition) is 1. The molecule has 1 aromatic heterocycles. The fourth-order valence-corrected chi connectivity index (χ4v) is 1.93. The molecule has 0 fully saturated rings. The van der Waals surface area contributed by atoms with Gasteiger partial charge in [0, 0.05) is 19.0 Å². The van der Waals surface area contributed by atoms with Gasteiger partial charge in [-0.15, -0.1) is 0 Å². The summed E-state index contributed by atoms with van der Waals surface area (Å²) in [5.74, 6) is 0.835. The van der Waals surface area contributed by atoms with Crippen molar-refractivity contribution in [2.45, 2.75) is 26.3 Å². The molecule has 0 aliphatic rings. The fourth-order valence-electron chi connectivity index (χ4n) is 1.74. The van der Waals surface area contributed by atoms with Crippen molar-refractivity contribution >= 4 is 11.6 Å². The maximum atomic E-state index is 13.1. The summed E-state index contributed by atoms with van der Waals surface area (Å²) in [6.07, 6.45) is 0.653. The Morgan fingerprint density at radius 1 is 1.47 bits per heavy atom. The molecule has 0 aliphatic heterocycles. The van der Waals surface area contributed by atoms with Gasteiger partial charge >= 0.3 is 0 Å². The molecule has 102 valence electrons. The fraction of sp³-hybridized carbons (Fsp3) is 0.385. The molecule has 0 saturated heterocycles. The van der Waals surface area contributed by atoms with E-state index >= 15 is 0 Å². The summed E-state index contributed by atoms with van der Waals surface area (Å²) in [4.78, 5) is 4.12. The molecule has 2 aromatic rings. The first-order chi connectivity index (χ1) is 9.06. The Bertz CT molecular complexity index is 559. The van der Waals surface area contributed by atoms with Gasteiger partial charge in [-0.05, 0) is 31.5 Å². The van der Waals surface area contributed by atoms with Crippen LogP contribution in [0.3, 0.4) is 0 Å². The van der Waals surface area contributed by atoms with Gasteiger partial charge in [0.2, 0.25) is 5.89 Å². The van der Waals surface area contributed by atoms with Gasteiger partial charge in [0.1, 0.15) is 5.82 Å². The Morgan fingerprint density at radius 3 is 2.89 bits per heavy atom. The van der Waals surface area contributed by atoms with Crippen molar-refractivity contribution in [3.05, 3.63) is 46.3 Å². The highest BCUT2D eigenvalue weighted by Gasteiger charge is 2.09. The smallest absolute Gasteiger partial charge is 0.227 e. The summed E-state index contributed by atoms with van der Waals surface area (Å²) in [7, 11) is 0. The van der Waals surface area contributed by atoms with E-state index in [9.17, 15) is 4.39 Å². The van der Waals surface area contributed by atoms with Crippen molar-refractivity contribution in [1.82, 2.24) is 15.5 Å². The van der Waals surface area contributed by atoms with Crippen molar-refractivity contribution in [3.8, 4) is 0 Å². The maximum absolute atomic E-state index is 13.1. The van der Waals surface area contributed by atoms with Crippen LogP contribution in [0.4, 0.5) is 4.39 Å². The van der Waals surface area contributed by atoms with E-state index in [2.05, 4.69) is 15.5 Å². The summed E-state index contributed by atoms with van der Waals surface area (Å²) < 4.78 is 18.1. The van der Waals surface area contributed by atoms with Crippen LogP contribution in [0.15, 0.2) is 22.7 Å². The molecule has 0 spiro atoms. The van der Waals surface area contributed by atoms with Gasteiger partial charge in [-0.1, -0.05) is 22.8 Å². The lowest BCUT2D eigenvalue weighted by Crippen LogP contribution is -2.21. The molecule has 2 rings (SSSR count). The molecule has 1 atom stereocenters. The van der Waals surface area contributed by atoms with Crippen LogP contribution in [0.2, 0.25) is 5.02 Å². The molecule has 1 unspecified atom stereocenters. The minimum Gasteiger partial charge on any atom is -0.339 e. The Labute approximate surface area is 116 Å². The van der Waals surface area contributed by atoms with Gasteiger partial charge in [0.05, 0.1) is 5.02 Å². The van der Waals surface area contributed by atoms with Crippen molar-refractivity contribution in [2.24, 2.45) is 0 Å². The maximum Gasteiger partial charge on any atom is 0.227 e. The zero-order valence-electron chi connectivity index (χ0n) is 10.8. The number of halogens is 2. The molecule has 1 N–H and O–H groups in total. The van der Waals surface area contributed by atoms with E-state index in [1.165, 1.54) is 6.07 Å². The van der Waals surface area contributed by atoms with Gasteiger partial charge in [-0.25, -0.2) is 4.39 Å². The van der Waals surface area contributed by atoms with Crippen LogP contribution in [-0.2, 0) is 6.42 Å². The second-order valence-corrected chi connectivity index (χ2v) is 4.74. The minimum absolute atomic E-state index is 0.0714. The largest absolute Gasteiger partial charge is 0.339 e. The molecule has 1 heterocycles. The molecule has 0 bridgehead atoms. The highest BCUT2D eigenvalue weighted by Crippen LogP contribution is 2.20. The second kappa shape index (κ2) is 6.12. The van der Waals surface area contributed by atoms with Crippen LogP contribution >= 0.6 is 11.6 Å². The van der Waals surface area contributed by atoms with E-state index in [0.29, 0.717) is 24.7 Å². The third kappa shape index (κ3) is 3.75. The highest BCUT2D eigenvalue weighted by molar-refractivity contribution is 6.30. The van der Waals surface area contributed by atoms with Crippen LogP contribution in [0.25, 0.3) is 0 Å². The molecule has 0 saturated carbocycles. The van der Waals surface area contributed by atoms with Crippen LogP contribution in [0.1, 0.15) is 30.2 Å². The minimum atomic E-state index is -0.404. The average molecular weight is 284 g/mol. The number of nitrogens with one attached hydrogen (secondary N) is 1. The molecule has 6 heteroatoms. The lowest BCUT2D eigenvalue weighted by Gasteiger charge is -2.13. The topological polar surface area (TPSA) is 51.0 Å². The lowest BCUT2D eigenvalue weighted by molar-refractivity contribution is 0.370. The Morgan fingerprint density at radius 2 is 2.26 bits per heavy atom. The van der Waals surface area contributed by atoms with Crippen LogP contribution in [0, 0.1) is 12.7 Å². The van der Waals surface area contributed by atoms with E-state index in [1.807, 2.05) is 6.92 Å². The third-order valence-electron chi connectivity index (χ3n) is 2.80. The van der Waals surface area contributed by atoms with Crippen LogP contribution in [-0.4, -0.2) is 16.7 Å². The summed E-state index contributed by atoms with van der Waals surface area (Å²) >= 11 is 5.75. The van der Waals surface area contributed by atoms with Crippen molar-refractivity contribution in [2.75, 3.05) is 6.54 Å². The molecule has 1 aromatic carbocycles. The van der Waals surface area contributed by atoms with E-state index in [-0.39, 0.29) is 11.1 Å². The van der Waals surface area contributed by atoms with Crippen LogP contribution < -0.4 is 5.32 Å². The SMILES string of the molecule is Cc1noc(CCNC(C)c2ccc(F)c(Cl)c2)n1. The first-order valence-electron chi connectivity index (χ1n) is 6.04. The number of nitrogens with zero attached hydrogens (tertiary/aromatic N) is 2. The Kier molecular flexibility index (Phi) is 4.50. The molecule has 19 heavy (non-hydrogen) atoms. The Balaban J connectivity index is 1.86. The quantitative estimate of drug-likeness (QED) is 0.916. The average Bonchev–Trinajstić information content (AvgIpc) is 2.78. The summed E-state index contributed by atoms with van der Waals surface area (Å²) in [6, 6.07) is 4.79. The Hall–Kier alpha value is -1.46. The van der Waals surface area contributed by atoms with E-state index < -0.39 is 5.82 Å². The number of hydrogen-bond acceptors (Lipinski definition) is 4. The zero-order chi connectivity index (χ0) is 13.8. The first kappa shape index (κ1) is 14.0. The molecule has 0 radical (unpaired) electrons. The van der Waals surface area contributed by atoms with Crippen molar-refractivity contribution < 1.29 is 8.91 Å². The van der Waals surface area contributed by atoms with Gasteiger partial charge in [0.25, 0.3) is 0 Å². The van der Waals surface area contributed by atoms with Crippen molar-refractivity contribution in [3.63, 3.8) is 0 Å². The standard InChI is InChI=1S/C13H15ClFN3O/c1-8(10-3-4-12(15)11(14)7-10)16-6-5-13-17-9(2)18-19-13/h3-4,7-8,16H,5-6H2,1-2H3. The second-order valence-electron chi connectivity index (χ2n) is 4.33. The van der Waals surface area contributed by atoms with E-state index in [0.717, 1.165) is 5.56 Å². The normalized spacial score (nSPS) is 12.6. The molecule has 0 amide bonds. The molecular formula is C13H15ClFN3O. The first-order valence-corrected chi connectivity index (χ1v) is 6.41. The predicted molar refractivity (Wildman–Crippen MR) is 70.6 cm³/mol.